The normalized spacial score (nSPS) is 10.8. The van der Waals surface area contributed by atoms with Gasteiger partial charge in [-0.2, -0.15) is 0 Å². The van der Waals surface area contributed by atoms with Crippen LogP contribution in [0.3, 0.4) is 0 Å². The van der Waals surface area contributed by atoms with Crippen LogP contribution in [-0.4, -0.2) is 15.1 Å². The molecular formula is C20H28N2O. The highest BCUT2D eigenvalue weighted by atomic mass is 16.3. The van der Waals surface area contributed by atoms with Gasteiger partial charge < -0.3 is 5.11 Å². The lowest BCUT2D eigenvalue weighted by Crippen LogP contribution is -1.90. The van der Waals surface area contributed by atoms with Crippen LogP contribution in [-0.2, 0) is 6.42 Å². The first-order chi connectivity index (χ1) is 11.3. The van der Waals surface area contributed by atoms with E-state index >= 15 is 0 Å². The molecule has 0 aliphatic heterocycles. The van der Waals surface area contributed by atoms with Crippen molar-refractivity contribution >= 4 is 0 Å². The van der Waals surface area contributed by atoms with Crippen molar-refractivity contribution in [2.45, 2.75) is 64.7 Å². The maximum absolute atomic E-state index is 9.22. The first-order valence-corrected chi connectivity index (χ1v) is 8.90. The Labute approximate surface area is 139 Å². The van der Waals surface area contributed by atoms with Gasteiger partial charge in [-0.15, -0.1) is 0 Å². The molecule has 0 aliphatic carbocycles. The molecule has 0 spiro atoms. The van der Waals surface area contributed by atoms with Crippen LogP contribution in [0.15, 0.2) is 36.7 Å². The lowest BCUT2D eigenvalue weighted by molar-refractivity contribution is 0.470. The van der Waals surface area contributed by atoms with Crippen LogP contribution in [0.5, 0.6) is 5.75 Å². The van der Waals surface area contributed by atoms with Gasteiger partial charge in [0.25, 0.3) is 0 Å². The third-order valence-corrected chi connectivity index (χ3v) is 4.17. The average molecular weight is 312 g/mol. The van der Waals surface area contributed by atoms with Crippen LogP contribution >= 0.6 is 0 Å². The molecule has 0 amide bonds. The van der Waals surface area contributed by atoms with Gasteiger partial charge in [-0.25, -0.2) is 9.97 Å². The second-order valence-corrected chi connectivity index (χ2v) is 6.19. The summed E-state index contributed by atoms with van der Waals surface area (Å²) >= 11 is 0. The van der Waals surface area contributed by atoms with Crippen LogP contribution < -0.4 is 0 Å². The summed E-state index contributed by atoms with van der Waals surface area (Å²) < 4.78 is 0. The summed E-state index contributed by atoms with van der Waals surface area (Å²) in [6, 6.07) is 8.44. The highest BCUT2D eigenvalue weighted by Gasteiger charge is 2.01. The van der Waals surface area contributed by atoms with Gasteiger partial charge in [-0.3, -0.25) is 0 Å². The fourth-order valence-corrected chi connectivity index (χ4v) is 2.75. The molecule has 1 heterocycles. The highest BCUT2D eigenvalue weighted by Crippen LogP contribution is 2.18. The zero-order valence-electron chi connectivity index (χ0n) is 14.2. The van der Waals surface area contributed by atoms with E-state index in [9.17, 15) is 5.11 Å². The van der Waals surface area contributed by atoms with E-state index in [1.165, 1.54) is 69.3 Å². The van der Waals surface area contributed by atoms with E-state index in [0.29, 0.717) is 5.82 Å². The average Bonchev–Trinajstić information content (AvgIpc) is 2.59. The molecule has 0 saturated heterocycles. The highest BCUT2D eigenvalue weighted by molar-refractivity contribution is 5.55. The molecule has 1 aromatic heterocycles. The number of benzene rings is 1. The molecule has 23 heavy (non-hydrogen) atoms. The summed E-state index contributed by atoms with van der Waals surface area (Å²) in [4.78, 5) is 8.27. The molecule has 2 rings (SSSR count). The number of hydrogen-bond acceptors (Lipinski definition) is 3. The van der Waals surface area contributed by atoms with Crippen molar-refractivity contribution in [1.82, 2.24) is 9.97 Å². The Balaban J connectivity index is 1.68. The minimum Gasteiger partial charge on any atom is -0.505 e. The van der Waals surface area contributed by atoms with Gasteiger partial charge in [0.2, 0.25) is 0 Å². The third kappa shape index (κ3) is 6.39. The summed E-state index contributed by atoms with van der Waals surface area (Å²) in [5, 5.41) is 9.22. The summed E-state index contributed by atoms with van der Waals surface area (Å²) in [6.45, 7) is 2.26. The zero-order chi connectivity index (χ0) is 16.3. The molecule has 2 aromatic rings. The predicted octanol–water partition coefficient (Wildman–Crippen LogP) is 5.53. The van der Waals surface area contributed by atoms with E-state index in [2.05, 4.69) is 41.2 Å². The van der Waals surface area contributed by atoms with Crippen molar-refractivity contribution in [1.29, 1.82) is 0 Å². The minimum atomic E-state index is 0.0973. The number of unbranched alkanes of at least 4 members (excludes halogenated alkanes) is 7. The van der Waals surface area contributed by atoms with Gasteiger partial charge in [0.05, 0.1) is 12.4 Å². The smallest absolute Gasteiger partial charge is 0.159 e. The van der Waals surface area contributed by atoms with Crippen LogP contribution in [0.25, 0.3) is 11.4 Å². The molecule has 3 heteroatoms. The Morgan fingerprint density at radius 1 is 0.783 bits per heavy atom. The fraction of sp³-hybridized carbons (Fsp3) is 0.500. The number of aromatic nitrogens is 2. The van der Waals surface area contributed by atoms with Crippen LogP contribution in [0.4, 0.5) is 0 Å². The van der Waals surface area contributed by atoms with Crippen LogP contribution in [0.2, 0.25) is 0 Å². The van der Waals surface area contributed by atoms with Crippen molar-refractivity contribution in [3.8, 4) is 17.1 Å². The second kappa shape index (κ2) is 9.98. The van der Waals surface area contributed by atoms with Crippen molar-refractivity contribution in [3.63, 3.8) is 0 Å². The maximum atomic E-state index is 9.22. The van der Waals surface area contributed by atoms with E-state index in [0.717, 1.165) is 12.0 Å². The monoisotopic (exact) mass is 312 g/mol. The lowest BCUT2D eigenvalue weighted by Gasteiger charge is -2.04. The second-order valence-electron chi connectivity index (χ2n) is 6.19. The Bertz CT molecular complexity index is 549. The first kappa shape index (κ1) is 17.5. The van der Waals surface area contributed by atoms with Gasteiger partial charge in [-0.1, -0.05) is 76.1 Å². The largest absolute Gasteiger partial charge is 0.505 e. The Kier molecular flexibility index (Phi) is 7.58. The van der Waals surface area contributed by atoms with Crippen LogP contribution in [0, 0.1) is 0 Å². The van der Waals surface area contributed by atoms with E-state index in [4.69, 9.17) is 0 Å². The van der Waals surface area contributed by atoms with Crippen molar-refractivity contribution in [2.24, 2.45) is 0 Å². The van der Waals surface area contributed by atoms with E-state index in [1.54, 1.807) is 0 Å². The topological polar surface area (TPSA) is 46.0 Å². The molecular weight excluding hydrogens is 284 g/mol. The standard InChI is InChI=1S/C20H28N2O/c1-2-3-4-5-6-7-8-9-10-17-11-13-18(14-12-17)20-21-15-19(23)16-22-20/h11-16,23H,2-10H2,1H3. The Morgan fingerprint density at radius 2 is 1.35 bits per heavy atom. The lowest BCUT2D eigenvalue weighted by atomic mass is 10.0. The Hall–Kier alpha value is -1.90. The summed E-state index contributed by atoms with van der Waals surface area (Å²) in [6.07, 6.45) is 14.9. The fourth-order valence-electron chi connectivity index (χ4n) is 2.75. The molecule has 1 aromatic carbocycles. The summed E-state index contributed by atoms with van der Waals surface area (Å²) in [5.74, 6) is 0.751. The maximum Gasteiger partial charge on any atom is 0.159 e. The number of aromatic hydroxyl groups is 1. The van der Waals surface area contributed by atoms with Crippen LogP contribution in [0.1, 0.15) is 63.9 Å². The zero-order valence-corrected chi connectivity index (χ0v) is 14.2. The molecule has 124 valence electrons. The molecule has 1 N–H and O–H groups in total. The van der Waals surface area contributed by atoms with Gasteiger partial charge in [-0.05, 0) is 18.4 Å². The number of nitrogens with zero attached hydrogens (tertiary/aromatic N) is 2. The first-order valence-electron chi connectivity index (χ1n) is 8.90. The summed E-state index contributed by atoms with van der Waals surface area (Å²) in [5.41, 5.74) is 2.36. The quantitative estimate of drug-likeness (QED) is 0.586. The predicted molar refractivity (Wildman–Crippen MR) is 95.4 cm³/mol. The van der Waals surface area contributed by atoms with Gasteiger partial charge in [0.15, 0.2) is 11.6 Å². The van der Waals surface area contributed by atoms with Crippen molar-refractivity contribution in [3.05, 3.63) is 42.2 Å². The number of hydrogen-bond donors (Lipinski definition) is 1. The summed E-state index contributed by atoms with van der Waals surface area (Å²) in [7, 11) is 0. The minimum absolute atomic E-state index is 0.0973. The number of aryl methyl sites for hydroxylation is 1. The SMILES string of the molecule is CCCCCCCCCCc1ccc(-c2ncc(O)cn2)cc1. The number of rotatable bonds is 10. The molecule has 0 unspecified atom stereocenters. The molecule has 3 nitrogen and oxygen atoms in total. The van der Waals surface area contributed by atoms with Gasteiger partial charge in [0.1, 0.15) is 0 Å². The Morgan fingerprint density at radius 3 is 1.96 bits per heavy atom. The molecule has 0 aliphatic rings. The molecule has 0 atom stereocenters. The van der Waals surface area contributed by atoms with E-state index in [1.807, 2.05) is 0 Å². The molecule has 0 saturated carbocycles. The molecule has 0 bridgehead atoms. The van der Waals surface area contributed by atoms with Gasteiger partial charge >= 0.3 is 0 Å². The molecule has 0 radical (unpaired) electrons. The van der Waals surface area contributed by atoms with E-state index in [-0.39, 0.29) is 5.75 Å². The molecule has 0 fully saturated rings. The third-order valence-electron chi connectivity index (χ3n) is 4.17. The van der Waals surface area contributed by atoms with Gasteiger partial charge in [0, 0.05) is 5.56 Å². The van der Waals surface area contributed by atoms with Crippen molar-refractivity contribution < 1.29 is 5.11 Å². The van der Waals surface area contributed by atoms with E-state index < -0.39 is 0 Å². The van der Waals surface area contributed by atoms with Crippen molar-refractivity contribution in [2.75, 3.05) is 0 Å².